The Morgan fingerprint density at radius 1 is 1.29 bits per heavy atom. The third-order valence-corrected chi connectivity index (χ3v) is 3.85. The number of carbonyl (C=O) groups is 1. The third-order valence-electron chi connectivity index (χ3n) is 3.85. The lowest BCUT2D eigenvalue weighted by Gasteiger charge is -2.25. The normalized spacial score (nSPS) is 13.9. The van der Waals surface area contributed by atoms with Gasteiger partial charge in [0.25, 0.3) is 0 Å². The molecule has 0 fully saturated rings. The second-order valence-corrected chi connectivity index (χ2v) is 5.50. The van der Waals surface area contributed by atoms with Gasteiger partial charge in [0.05, 0.1) is 5.41 Å². The highest BCUT2D eigenvalue weighted by Gasteiger charge is 2.37. The van der Waals surface area contributed by atoms with Crippen LogP contribution >= 0.6 is 0 Å². The summed E-state index contributed by atoms with van der Waals surface area (Å²) >= 11 is 0. The number of aliphatic carboxylic acids is 1. The van der Waals surface area contributed by atoms with Gasteiger partial charge in [0.2, 0.25) is 0 Å². The molecule has 2 aromatic rings. The minimum Gasteiger partial charge on any atom is -0.481 e. The van der Waals surface area contributed by atoms with Gasteiger partial charge in [0.15, 0.2) is 0 Å². The standard InChI is InChI=1S/C16H21N3O2/c1-4-10-19-12(2)17-18-14(19)11-16(3,15(20)21)13-8-6-5-7-9-13/h5-9H,4,10-11H2,1-3H3,(H,20,21). The van der Waals surface area contributed by atoms with Crippen molar-refractivity contribution in [1.29, 1.82) is 0 Å². The van der Waals surface area contributed by atoms with Gasteiger partial charge in [-0.05, 0) is 25.8 Å². The van der Waals surface area contributed by atoms with E-state index in [2.05, 4.69) is 17.1 Å². The smallest absolute Gasteiger partial charge is 0.314 e. The molecule has 0 saturated carbocycles. The van der Waals surface area contributed by atoms with E-state index in [-0.39, 0.29) is 0 Å². The van der Waals surface area contributed by atoms with Crippen LogP contribution in [0.1, 0.15) is 37.5 Å². The first-order chi connectivity index (χ1) is 9.99. The minimum absolute atomic E-state index is 0.327. The SMILES string of the molecule is CCCn1c(C)nnc1CC(C)(C(=O)O)c1ccccc1. The highest BCUT2D eigenvalue weighted by atomic mass is 16.4. The minimum atomic E-state index is -1.01. The molecule has 0 amide bonds. The fourth-order valence-corrected chi connectivity index (χ4v) is 2.49. The maximum absolute atomic E-state index is 11.8. The zero-order valence-corrected chi connectivity index (χ0v) is 12.7. The van der Waals surface area contributed by atoms with Crippen LogP contribution in [0, 0.1) is 6.92 Å². The largest absolute Gasteiger partial charge is 0.481 e. The lowest BCUT2D eigenvalue weighted by molar-refractivity contribution is -0.143. The van der Waals surface area contributed by atoms with Gasteiger partial charge < -0.3 is 9.67 Å². The van der Waals surface area contributed by atoms with Crippen molar-refractivity contribution < 1.29 is 9.90 Å². The summed E-state index contributed by atoms with van der Waals surface area (Å²) in [5.74, 6) is 0.702. The van der Waals surface area contributed by atoms with Crippen LogP contribution < -0.4 is 0 Å². The number of aryl methyl sites for hydroxylation is 1. The van der Waals surface area contributed by atoms with E-state index in [4.69, 9.17) is 0 Å². The number of aromatic nitrogens is 3. The van der Waals surface area contributed by atoms with Crippen LogP contribution in [0.15, 0.2) is 30.3 Å². The Hall–Kier alpha value is -2.17. The summed E-state index contributed by atoms with van der Waals surface area (Å²) in [6, 6.07) is 9.30. The van der Waals surface area contributed by atoms with Gasteiger partial charge >= 0.3 is 5.97 Å². The van der Waals surface area contributed by atoms with Crippen molar-refractivity contribution in [1.82, 2.24) is 14.8 Å². The van der Waals surface area contributed by atoms with E-state index < -0.39 is 11.4 Å². The Labute approximate surface area is 124 Å². The molecule has 0 aliphatic heterocycles. The molecule has 0 aliphatic carbocycles. The van der Waals surface area contributed by atoms with Gasteiger partial charge in [-0.15, -0.1) is 10.2 Å². The van der Waals surface area contributed by atoms with E-state index in [0.717, 1.165) is 30.2 Å². The van der Waals surface area contributed by atoms with Crippen LogP contribution in [0.4, 0.5) is 0 Å². The number of nitrogens with zero attached hydrogens (tertiary/aromatic N) is 3. The zero-order valence-electron chi connectivity index (χ0n) is 12.7. The molecule has 112 valence electrons. The van der Waals surface area contributed by atoms with Gasteiger partial charge in [-0.1, -0.05) is 37.3 Å². The molecular formula is C16H21N3O2. The van der Waals surface area contributed by atoms with Crippen molar-refractivity contribution in [2.24, 2.45) is 0 Å². The molecule has 5 nitrogen and oxygen atoms in total. The van der Waals surface area contributed by atoms with Crippen molar-refractivity contribution in [2.75, 3.05) is 0 Å². The monoisotopic (exact) mass is 287 g/mol. The Kier molecular flexibility index (Phi) is 4.40. The number of rotatable bonds is 6. The summed E-state index contributed by atoms with van der Waals surface area (Å²) in [4.78, 5) is 11.8. The first kappa shape index (κ1) is 15.2. The molecular weight excluding hydrogens is 266 g/mol. The lowest BCUT2D eigenvalue weighted by Crippen LogP contribution is -2.36. The van der Waals surface area contributed by atoms with Crippen LogP contribution in [0.25, 0.3) is 0 Å². The predicted octanol–water partition coefficient (Wildman–Crippen LogP) is 2.58. The molecule has 1 unspecified atom stereocenters. The molecule has 1 atom stereocenters. The maximum Gasteiger partial charge on any atom is 0.314 e. The summed E-state index contributed by atoms with van der Waals surface area (Å²) in [5, 5.41) is 18.0. The first-order valence-electron chi connectivity index (χ1n) is 7.16. The van der Waals surface area contributed by atoms with Crippen molar-refractivity contribution in [2.45, 2.75) is 45.6 Å². The highest BCUT2D eigenvalue weighted by molar-refractivity contribution is 5.81. The molecule has 1 aromatic heterocycles. The summed E-state index contributed by atoms with van der Waals surface area (Å²) in [6.45, 7) is 6.52. The molecule has 0 saturated heterocycles. The van der Waals surface area contributed by atoms with E-state index in [0.29, 0.717) is 6.42 Å². The molecule has 1 heterocycles. The Morgan fingerprint density at radius 3 is 2.52 bits per heavy atom. The Balaban J connectivity index is 2.40. The topological polar surface area (TPSA) is 68.0 Å². The fraction of sp³-hybridized carbons (Fsp3) is 0.438. The third kappa shape index (κ3) is 2.96. The number of hydrogen-bond acceptors (Lipinski definition) is 3. The van der Waals surface area contributed by atoms with Gasteiger partial charge in [0, 0.05) is 13.0 Å². The van der Waals surface area contributed by atoms with Crippen LogP contribution in [-0.4, -0.2) is 25.8 Å². The van der Waals surface area contributed by atoms with Crippen molar-refractivity contribution in [3.05, 3.63) is 47.5 Å². The van der Waals surface area contributed by atoms with E-state index in [1.807, 2.05) is 41.8 Å². The van der Waals surface area contributed by atoms with E-state index in [9.17, 15) is 9.90 Å². The van der Waals surface area contributed by atoms with Gasteiger partial charge in [-0.3, -0.25) is 4.79 Å². The number of carboxylic acids is 1. The average molecular weight is 287 g/mol. The molecule has 0 aliphatic rings. The van der Waals surface area contributed by atoms with Gasteiger partial charge in [-0.2, -0.15) is 0 Å². The molecule has 2 rings (SSSR count). The summed E-state index contributed by atoms with van der Waals surface area (Å²) in [6.07, 6.45) is 1.29. The van der Waals surface area contributed by atoms with Crippen LogP contribution in [0.3, 0.4) is 0 Å². The lowest BCUT2D eigenvalue weighted by atomic mass is 9.79. The number of carboxylic acid groups (broad SMARTS) is 1. The molecule has 5 heteroatoms. The molecule has 1 aromatic carbocycles. The summed E-state index contributed by atoms with van der Waals surface area (Å²) in [5.41, 5.74) is -0.229. The van der Waals surface area contributed by atoms with E-state index >= 15 is 0 Å². The average Bonchev–Trinajstić information content (AvgIpc) is 2.81. The highest BCUT2D eigenvalue weighted by Crippen LogP contribution is 2.28. The maximum atomic E-state index is 11.8. The molecule has 0 bridgehead atoms. The first-order valence-corrected chi connectivity index (χ1v) is 7.16. The Bertz CT molecular complexity index is 622. The molecule has 0 spiro atoms. The van der Waals surface area contributed by atoms with Gasteiger partial charge in [-0.25, -0.2) is 0 Å². The second-order valence-electron chi connectivity index (χ2n) is 5.50. The molecule has 0 radical (unpaired) electrons. The van der Waals surface area contributed by atoms with Crippen LogP contribution in [0.2, 0.25) is 0 Å². The number of hydrogen-bond donors (Lipinski definition) is 1. The Morgan fingerprint density at radius 2 is 1.95 bits per heavy atom. The van der Waals surface area contributed by atoms with E-state index in [1.54, 1.807) is 6.92 Å². The zero-order chi connectivity index (χ0) is 15.5. The van der Waals surface area contributed by atoms with Crippen molar-refractivity contribution >= 4 is 5.97 Å². The van der Waals surface area contributed by atoms with Crippen LogP contribution in [-0.2, 0) is 23.2 Å². The van der Waals surface area contributed by atoms with Crippen LogP contribution in [0.5, 0.6) is 0 Å². The predicted molar refractivity (Wildman–Crippen MR) is 80.2 cm³/mol. The molecule has 1 N–H and O–H groups in total. The number of benzene rings is 1. The molecule has 21 heavy (non-hydrogen) atoms. The quantitative estimate of drug-likeness (QED) is 0.886. The summed E-state index contributed by atoms with van der Waals surface area (Å²) < 4.78 is 2.00. The van der Waals surface area contributed by atoms with Gasteiger partial charge in [0.1, 0.15) is 11.6 Å². The van der Waals surface area contributed by atoms with Crippen molar-refractivity contribution in [3.8, 4) is 0 Å². The summed E-state index contributed by atoms with van der Waals surface area (Å²) in [7, 11) is 0. The van der Waals surface area contributed by atoms with E-state index in [1.165, 1.54) is 0 Å². The second kappa shape index (κ2) is 6.08. The van der Waals surface area contributed by atoms with Crippen molar-refractivity contribution in [3.63, 3.8) is 0 Å². The fourth-order valence-electron chi connectivity index (χ4n) is 2.49.